The first-order chi connectivity index (χ1) is 9.49. The summed E-state index contributed by atoms with van der Waals surface area (Å²) >= 11 is 0. The van der Waals surface area contributed by atoms with E-state index in [1.165, 1.54) is 4.90 Å². The number of benzene rings is 1. The van der Waals surface area contributed by atoms with Crippen molar-refractivity contribution in [2.75, 3.05) is 13.1 Å². The van der Waals surface area contributed by atoms with Gasteiger partial charge >= 0.3 is 5.97 Å². The molecule has 0 saturated carbocycles. The first kappa shape index (κ1) is 14.1. The molecular formula is C15H18N2O3. The van der Waals surface area contributed by atoms with Gasteiger partial charge in [0.2, 0.25) is 0 Å². The fraction of sp³-hybridized carbons (Fsp3) is 0.333. The van der Waals surface area contributed by atoms with E-state index in [2.05, 4.69) is 4.98 Å². The molecule has 1 heterocycles. The molecule has 20 heavy (non-hydrogen) atoms. The molecule has 2 rings (SSSR count). The minimum absolute atomic E-state index is 0.212. The summed E-state index contributed by atoms with van der Waals surface area (Å²) in [6.07, 6.45) is 1.64. The Kier molecular flexibility index (Phi) is 4.08. The molecule has 0 radical (unpaired) electrons. The molecule has 0 aliphatic carbocycles. The molecule has 1 aromatic carbocycles. The highest BCUT2D eigenvalue weighted by molar-refractivity contribution is 6.07. The van der Waals surface area contributed by atoms with Crippen LogP contribution in [0.1, 0.15) is 24.2 Å². The lowest BCUT2D eigenvalue weighted by atomic mass is 10.1. The Bertz CT molecular complexity index is 631. The number of hydrogen-bond donors (Lipinski definition) is 2. The summed E-state index contributed by atoms with van der Waals surface area (Å²) in [7, 11) is 0. The molecule has 0 aliphatic rings. The smallest absolute Gasteiger partial charge is 0.323 e. The van der Waals surface area contributed by atoms with Crippen LogP contribution in [0.25, 0.3) is 10.9 Å². The van der Waals surface area contributed by atoms with E-state index in [-0.39, 0.29) is 18.4 Å². The highest BCUT2D eigenvalue weighted by Crippen LogP contribution is 2.19. The highest BCUT2D eigenvalue weighted by Gasteiger charge is 2.21. The van der Waals surface area contributed by atoms with Crippen molar-refractivity contribution < 1.29 is 14.7 Å². The Balaban J connectivity index is 2.33. The monoisotopic (exact) mass is 274 g/mol. The lowest BCUT2D eigenvalue weighted by Crippen LogP contribution is -2.38. The zero-order chi connectivity index (χ0) is 14.7. The Morgan fingerprint density at radius 1 is 1.30 bits per heavy atom. The van der Waals surface area contributed by atoms with E-state index in [1.54, 1.807) is 6.20 Å². The minimum atomic E-state index is -1.00. The number of H-pyrrole nitrogens is 1. The maximum Gasteiger partial charge on any atom is 0.323 e. The summed E-state index contributed by atoms with van der Waals surface area (Å²) in [6, 6.07) is 7.48. The normalized spacial score (nSPS) is 10.9. The largest absolute Gasteiger partial charge is 0.480 e. The zero-order valence-corrected chi connectivity index (χ0v) is 11.6. The standard InChI is InChI=1S/C15H18N2O3/c1-10(2)8-17(9-14(18)19)15(20)12-7-16-13-6-4-3-5-11(12)13/h3-7,10,16H,8-9H2,1-2H3,(H,18,19). The highest BCUT2D eigenvalue weighted by atomic mass is 16.4. The van der Waals surface area contributed by atoms with E-state index < -0.39 is 5.97 Å². The van der Waals surface area contributed by atoms with E-state index in [0.29, 0.717) is 12.1 Å². The summed E-state index contributed by atoms with van der Waals surface area (Å²) in [5, 5.41) is 9.77. The van der Waals surface area contributed by atoms with Crippen molar-refractivity contribution in [3.63, 3.8) is 0 Å². The van der Waals surface area contributed by atoms with Crippen LogP contribution in [-0.2, 0) is 4.79 Å². The van der Waals surface area contributed by atoms with Gasteiger partial charge in [-0.2, -0.15) is 0 Å². The van der Waals surface area contributed by atoms with Gasteiger partial charge in [0.15, 0.2) is 0 Å². The number of aromatic amines is 1. The lowest BCUT2D eigenvalue weighted by molar-refractivity contribution is -0.137. The fourth-order valence-electron chi connectivity index (χ4n) is 2.24. The number of carbonyl (C=O) groups is 2. The van der Waals surface area contributed by atoms with Gasteiger partial charge in [0, 0.05) is 23.6 Å². The average Bonchev–Trinajstić information content (AvgIpc) is 2.79. The third-order valence-electron chi connectivity index (χ3n) is 3.02. The molecule has 0 unspecified atom stereocenters. The van der Waals surface area contributed by atoms with Crippen LogP contribution in [0.15, 0.2) is 30.5 Å². The molecule has 1 aromatic heterocycles. The van der Waals surface area contributed by atoms with E-state index in [9.17, 15) is 9.59 Å². The average molecular weight is 274 g/mol. The number of aliphatic carboxylic acids is 1. The molecular weight excluding hydrogens is 256 g/mol. The number of amides is 1. The van der Waals surface area contributed by atoms with Gasteiger partial charge < -0.3 is 15.0 Å². The van der Waals surface area contributed by atoms with Crippen molar-refractivity contribution in [2.24, 2.45) is 5.92 Å². The Morgan fingerprint density at radius 3 is 2.65 bits per heavy atom. The van der Waals surface area contributed by atoms with Crippen molar-refractivity contribution in [1.29, 1.82) is 0 Å². The third kappa shape index (κ3) is 2.99. The summed E-state index contributed by atoms with van der Waals surface area (Å²) in [5.41, 5.74) is 1.39. The molecule has 0 saturated heterocycles. The summed E-state index contributed by atoms with van der Waals surface area (Å²) in [4.78, 5) is 27.9. The summed E-state index contributed by atoms with van der Waals surface area (Å²) < 4.78 is 0. The third-order valence-corrected chi connectivity index (χ3v) is 3.02. The van der Waals surface area contributed by atoms with E-state index in [1.807, 2.05) is 38.1 Å². The van der Waals surface area contributed by atoms with Crippen molar-refractivity contribution >= 4 is 22.8 Å². The number of nitrogens with one attached hydrogen (secondary N) is 1. The maximum atomic E-state index is 12.5. The molecule has 106 valence electrons. The molecule has 0 spiro atoms. The van der Waals surface area contributed by atoms with Gasteiger partial charge in [0.25, 0.3) is 5.91 Å². The number of rotatable bonds is 5. The van der Waals surface area contributed by atoms with Crippen LogP contribution >= 0.6 is 0 Å². The lowest BCUT2D eigenvalue weighted by Gasteiger charge is -2.22. The minimum Gasteiger partial charge on any atom is -0.480 e. The van der Waals surface area contributed by atoms with Crippen LogP contribution < -0.4 is 0 Å². The number of hydrogen-bond acceptors (Lipinski definition) is 2. The second-order valence-electron chi connectivity index (χ2n) is 5.22. The number of nitrogens with zero attached hydrogens (tertiary/aromatic N) is 1. The first-order valence-electron chi connectivity index (χ1n) is 6.56. The van der Waals surface area contributed by atoms with Crippen LogP contribution in [0.5, 0.6) is 0 Å². The van der Waals surface area contributed by atoms with Crippen LogP contribution in [-0.4, -0.2) is 40.0 Å². The number of aromatic nitrogens is 1. The molecule has 1 amide bonds. The second-order valence-corrected chi connectivity index (χ2v) is 5.22. The Hall–Kier alpha value is -2.30. The van der Waals surface area contributed by atoms with Gasteiger partial charge in [-0.1, -0.05) is 32.0 Å². The van der Waals surface area contributed by atoms with Crippen LogP contribution in [0.2, 0.25) is 0 Å². The van der Waals surface area contributed by atoms with Gasteiger partial charge in [-0.3, -0.25) is 9.59 Å². The number of fused-ring (bicyclic) bond motifs is 1. The van der Waals surface area contributed by atoms with Gasteiger partial charge in [-0.05, 0) is 12.0 Å². The molecule has 0 fully saturated rings. The number of carboxylic acid groups (broad SMARTS) is 1. The van der Waals surface area contributed by atoms with Gasteiger partial charge in [-0.15, -0.1) is 0 Å². The first-order valence-corrected chi connectivity index (χ1v) is 6.56. The van der Waals surface area contributed by atoms with Crippen LogP contribution in [0.4, 0.5) is 0 Å². The predicted octanol–water partition coefficient (Wildman–Crippen LogP) is 2.35. The van der Waals surface area contributed by atoms with Crippen LogP contribution in [0.3, 0.4) is 0 Å². The van der Waals surface area contributed by atoms with E-state index in [4.69, 9.17) is 5.11 Å². The SMILES string of the molecule is CC(C)CN(CC(=O)O)C(=O)c1c[nH]c2ccccc12. The van der Waals surface area contributed by atoms with Gasteiger partial charge in [-0.25, -0.2) is 0 Å². The maximum absolute atomic E-state index is 12.5. The summed E-state index contributed by atoms with van der Waals surface area (Å²) in [5.74, 6) is -1.04. The van der Waals surface area contributed by atoms with Crippen molar-refractivity contribution in [3.8, 4) is 0 Å². The topological polar surface area (TPSA) is 73.4 Å². The molecule has 0 atom stereocenters. The molecule has 0 aliphatic heterocycles. The van der Waals surface area contributed by atoms with Crippen LogP contribution in [0, 0.1) is 5.92 Å². The molecule has 5 nitrogen and oxygen atoms in total. The molecule has 0 bridgehead atoms. The summed E-state index contributed by atoms with van der Waals surface area (Å²) in [6.45, 7) is 4.05. The van der Waals surface area contributed by atoms with Crippen molar-refractivity contribution in [1.82, 2.24) is 9.88 Å². The van der Waals surface area contributed by atoms with E-state index in [0.717, 1.165) is 10.9 Å². The van der Waals surface area contributed by atoms with Crippen molar-refractivity contribution in [2.45, 2.75) is 13.8 Å². The number of carbonyl (C=O) groups excluding carboxylic acids is 1. The predicted molar refractivity (Wildman–Crippen MR) is 76.7 cm³/mol. The number of para-hydroxylation sites is 1. The molecule has 2 aromatic rings. The molecule has 5 heteroatoms. The fourth-order valence-corrected chi connectivity index (χ4v) is 2.24. The zero-order valence-electron chi connectivity index (χ0n) is 11.6. The number of carboxylic acids is 1. The Morgan fingerprint density at radius 2 is 2.00 bits per heavy atom. The van der Waals surface area contributed by atoms with Gasteiger partial charge in [0.05, 0.1) is 5.56 Å². The quantitative estimate of drug-likeness (QED) is 0.879. The molecule has 2 N–H and O–H groups in total. The van der Waals surface area contributed by atoms with Gasteiger partial charge in [0.1, 0.15) is 6.54 Å². The van der Waals surface area contributed by atoms with E-state index >= 15 is 0 Å². The van der Waals surface area contributed by atoms with Crippen molar-refractivity contribution in [3.05, 3.63) is 36.0 Å². The Labute approximate surface area is 117 Å². The second kappa shape index (κ2) is 5.77.